The van der Waals surface area contributed by atoms with Crippen LogP contribution in [0.2, 0.25) is 0 Å². The molecule has 1 saturated carbocycles. The quantitative estimate of drug-likeness (QED) is 0.882. The van der Waals surface area contributed by atoms with Crippen molar-refractivity contribution in [1.82, 2.24) is 5.32 Å². The molecule has 0 amide bonds. The fraction of sp³-hybridized carbons (Fsp3) is 0.429. The third kappa shape index (κ3) is 2.03. The predicted molar refractivity (Wildman–Crippen MR) is 67.4 cm³/mol. The van der Waals surface area contributed by atoms with E-state index >= 15 is 0 Å². The van der Waals surface area contributed by atoms with E-state index in [2.05, 4.69) is 11.4 Å². The number of hydrogen-bond acceptors (Lipinski definition) is 3. The Hall–Kier alpha value is -1.48. The van der Waals surface area contributed by atoms with Crippen molar-refractivity contribution in [3.8, 4) is 5.75 Å². The number of rotatable bonds is 3. The molecule has 3 nitrogen and oxygen atoms in total. The molecule has 1 aliphatic rings. The van der Waals surface area contributed by atoms with Crippen LogP contribution < -0.4 is 10.1 Å². The SMILES string of the molecule is CN[C@H]1C[C@@H](Oc2ccc3oc(C)cc3c2)C1. The van der Waals surface area contributed by atoms with Gasteiger partial charge in [-0.3, -0.25) is 0 Å². The Balaban J connectivity index is 1.73. The Kier molecular flexibility index (Phi) is 2.56. The molecule has 0 atom stereocenters. The zero-order valence-electron chi connectivity index (χ0n) is 10.2. The maximum Gasteiger partial charge on any atom is 0.134 e. The van der Waals surface area contributed by atoms with E-state index in [0.29, 0.717) is 12.1 Å². The van der Waals surface area contributed by atoms with Crippen LogP contribution in [0, 0.1) is 6.92 Å². The zero-order chi connectivity index (χ0) is 11.8. The first kappa shape index (κ1) is 10.7. The lowest BCUT2D eigenvalue weighted by Gasteiger charge is -2.35. The topological polar surface area (TPSA) is 34.4 Å². The Bertz CT molecular complexity index is 526. The molecule has 1 heterocycles. The van der Waals surface area contributed by atoms with E-state index in [0.717, 1.165) is 35.3 Å². The summed E-state index contributed by atoms with van der Waals surface area (Å²) in [6.07, 6.45) is 2.55. The van der Waals surface area contributed by atoms with Gasteiger partial charge < -0.3 is 14.5 Å². The standard InChI is InChI=1S/C14H17NO2/c1-9-5-10-6-12(3-4-14(10)16-9)17-13-7-11(8-13)15-2/h3-6,11,13,15H,7-8H2,1-2H3/t11-,13+. The monoisotopic (exact) mass is 231 g/mol. The second-order valence-electron chi connectivity index (χ2n) is 4.75. The summed E-state index contributed by atoms with van der Waals surface area (Å²) in [5, 5.41) is 4.37. The number of hydrogen-bond donors (Lipinski definition) is 1. The van der Waals surface area contributed by atoms with Gasteiger partial charge in [0, 0.05) is 11.4 Å². The van der Waals surface area contributed by atoms with Crippen LogP contribution in [0.3, 0.4) is 0 Å². The molecule has 90 valence electrons. The van der Waals surface area contributed by atoms with E-state index in [9.17, 15) is 0 Å². The van der Waals surface area contributed by atoms with Crippen molar-refractivity contribution < 1.29 is 9.15 Å². The van der Waals surface area contributed by atoms with Gasteiger partial charge in [0.15, 0.2) is 0 Å². The van der Waals surface area contributed by atoms with E-state index in [1.54, 1.807) is 0 Å². The van der Waals surface area contributed by atoms with Crippen LogP contribution in [-0.4, -0.2) is 19.2 Å². The summed E-state index contributed by atoms with van der Waals surface area (Å²) in [6, 6.07) is 8.68. The van der Waals surface area contributed by atoms with Gasteiger partial charge >= 0.3 is 0 Å². The molecule has 1 aromatic heterocycles. The highest BCUT2D eigenvalue weighted by molar-refractivity contribution is 5.79. The van der Waals surface area contributed by atoms with E-state index in [1.165, 1.54) is 0 Å². The van der Waals surface area contributed by atoms with Crippen LogP contribution in [0.1, 0.15) is 18.6 Å². The van der Waals surface area contributed by atoms with Crippen LogP contribution in [0.25, 0.3) is 11.0 Å². The van der Waals surface area contributed by atoms with Crippen molar-refractivity contribution in [3.05, 3.63) is 30.0 Å². The lowest BCUT2D eigenvalue weighted by atomic mass is 9.89. The lowest BCUT2D eigenvalue weighted by Crippen LogP contribution is -2.45. The highest BCUT2D eigenvalue weighted by Crippen LogP contribution is 2.29. The minimum Gasteiger partial charge on any atom is -0.490 e. The molecule has 0 bridgehead atoms. The second-order valence-corrected chi connectivity index (χ2v) is 4.75. The van der Waals surface area contributed by atoms with Crippen molar-refractivity contribution in [2.45, 2.75) is 31.9 Å². The molecule has 3 rings (SSSR count). The van der Waals surface area contributed by atoms with Crippen molar-refractivity contribution in [2.75, 3.05) is 7.05 Å². The van der Waals surface area contributed by atoms with Gasteiger partial charge in [-0.05, 0) is 51.1 Å². The number of benzene rings is 1. The first-order valence-electron chi connectivity index (χ1n) is 6.09. The van der Waals surface area contributed by atoms with E-state index < -0.39 is 0 Å². The fourth-order valence-corrected chi connectivity index (χ4v) is 2.32. The van der Waals surface area contributed by atoms with Crippen LogP contribution in [-0.2, 0) is 0 Å². The normalized spacial score (nSPS) is 23.6. The first-order valence-corrected chi connectivity index (χ1v) is 6.09. The molecule has 1 N–H and O–H groups in total. The summed E-state index contributed by atoms with van der Waals surface area (Å²) in [5.41, 5.74) is 0.927. The lowest BCUT2D eigenvalue weighted by molar-refractivity contribution is 0.0886. The number of aryl methyl sites for hydroxylation is 1. The molecule has 2 aromatic rings. The van der Waals surface area contributed by atoms with E-state index in [4.69, 9.17) is 9.15 Å². The van der Waals surface area contributed by atoms with Gasteiger partial charge in [0.05, 0.1) is 0 Å². The molecule has 3 heteroatoms. The van der Waals surface area contributed by atoms with Crippen molar-refractivity contribution in [3.63, 3.8) is 0 Å². The maximum atomic E-state index is 5.92. The Labute approximate surface area is 101 Å². The first-order chi connectivity index (χ1) is 8.24. The van der Waals surface area contributed by atoms with Crippen LogP contribution in [0.4, 0.5) is 0 Å². The summed E-state index contributed by atoms with van der Waals surface area (Å²) in [4.78, 5) is 0. The van der Waals surface area contributed by atoms with Gasteiger partial charge in [-0.15, -0.1) is 0 Å². The van der Waals surface area contributed by atoms with Gasteiger partial charge in [0.25, 0.3) is 0 Å². The average molecular weight is 231 g/mol. The van der Waals surface area contributed by atoms with Gasteiger partial charge in [0.2, 0.25) is 0 Å². The van der Waals surface area contributed by atoms with Gasteiger partial charge in [0.1, 0.15) is 23.2 Å². The second kappa shape index (κ2) is 4.08. The molecule has 0 aliphatic heterocycles. The Morgan fingerprint density at radius 3 is 2.88 bits per heavy atom. The number of nitrogens with one attached hydrogen (secondary N) is 1. The minimum atomic E-state index is 0.359. The summed E-state index contributed by atoms with van der Waals surface area (Å²) in [6.45, 7) is 1.96. The van der Waals surface area contributed by atoms with Crippen molar-refractivity contribution in [2.24, 2.45) is 0 Å². The molecular formula is C14H17NO2. The predicted octanol–water partition coefficient (Wildman–Crippen LogP) is 2.87. The fourth-order valence-electron chi connectivity index (χ4n) is 2.32. The van der Waals surface area contributed by atoms with Gasteiger partial charge in [-0.1, -0.05) is 0 Å². The molecule has 1 aromatic carbocycles. The number of ether oxygens (including phenoxy) is 1. The Morgan fingerprint density at radius 2 is 2.12 bits per heavy atom. The summed E-state index contributed by atoms with van der Waals surface area (Å²) < 4.78 is 11.5. The summed E-state index contributed by atoms with van der Waals surface area (Å²) in [7, 11) is 2.00. The number of fused-ring (bicyclic) bond motifs is 1. The Morgan fingerprint density at radius 1 is 1.29 bits per heavy atom. The van der Waals surface area contributed by atoms with E-state index in [-0.39, 0.29) is 0 Å². The largest absolute Gasteiger partial charge is 0.490 e. The molecule has 0 spiro atoms. The third-order valence-electron chi connectivity index (χ3n) is 3.42. The molecule has 0 unspecified atom stereocenters. The highest BCUT2D eigenvalue weighted by atomic mass is 16.5. The minimum absolute atomic E-state index is 0.359. The van der Waals surface area contributed by atoms with Crippen LogP contribution in [0.15, 0.2) is 28.7 Å². The maximum absolute atomic E-state index is 5.92. The third-order valence-corrected chi connectivity index (χ3v) is 3.42. The molecule has 17 heavy (non-hydrogen) atoms. The van der Waals surface area contributed by atoms with Crippen molar-refractivity contribution >= 4 is 11.0 Å². The summed E-state index contributed by atoms with van der Waals surface area (Å²) in [5.74, 6) is 1.88. The van der Waals surface area contributed by atoms with Gasteiger partial charge in [-0.25, -0.2) is 0 Å². The smallest absolute Gasteiger partial charge is 0.134 e. The summed E-state index contributed by atoms with van der Waals surface area (Å²) >= 11 is 0. The zero-order valence-corrected chi connectivity index (χ0v) is 10.2. The molecule has 1 fully saturated rings. The van der Waals surface area contributed by atoms with Crippen LogP contribution in [0.5, 0.6) is 5.75 Å². The van der Waals surface area contributed by atoms with E-state index in [1.807, 2.05) is 32.2 Å². The molecular weight excluding hydrogens is 214 g/mol. The highest BCUT2D eigenvalue weighted by Gasteiger charge is 2.29. The average Bonchev–Trinajstić information content (AvgIpc) is 2.62. The molecule has 0 radical (unpaired) electrons. The van der Waals surface area contributed by atoms with Crippen molar-refractivity contribution in [1.29, 1.82) is 0 Å². The van der Waals surface area contributed by atoms with Crippen LogP contribution >= 0.6 is 0 Å². The molecule has 0 saturated heterocycles. The molecule has 1 aliphatic carbocycles. The number of furan rings is 1. The van der Waals surface area contributed by atoms with Gasteiger partial charge in [-0.2, -0.15) is 0 Å².